The van der Waals surface area contributed by atoms with E-state index in [1.807, 2.05) is 6.07 Å². The quantitative estimate of drug-likeness (QED) is 0.882. The number of benzene rings is 1. The summed E-state index contributed by atoms with van der Waals surface area (Å²) in [5, 5.41) is 9.41. The molecule has 0 aromatic heterocycles. The lowest BCUT2D eigenvalue weighted by molar-refractivity contribution is -0.144. The lowest BCUT2D eigenvalue weighted by Crippen LogP contribution is -2.40. The van der Waals surface area contributed by atoms with E-state index in [1.54, 1.807) is 41.1 Å². The summed E-state index contributed by atoms with van der Waals surface area (Å²) in [6.45, 7) is 1.71. The van der Waals surface area contributed by atoms with E-state index in [-0.39, 0.29) is 12.5 Å². The van der Waals surface area contributed by atoms with Gasteiger partial charge in [-0.05, 0) is 25.5 Å². The van der Waals surface area contributed by atoms with Gasteiger partial charge in [0.15, 0.2) is 0 Å². The van der Waals surface area contributed by atoms with E-state index in [0.29, 0.717) is 5.56 Å². The number of likely N-dealkylation sites (tertiary alicyclic amines) is 1. The maximum Gasteiger partial charge on any atom is 0.325 e. The highest BCUT2D eigenvalue weighted by atomic mass is 16.4. The summed E-state index contributed by atoms with van der Waals surface area (Å²) in [6, 6.07) is 8.22. The number of carboxylic acids is 1. The fourth-order valence-electron chi connectivity index (χ4n) is 2.59. The molecule has 5 heteroatoms. The van der Waals surface area contributed by atoms with Crippen LogP contribution in [0.25, 0.3) is 0 Å². The van der Waals surface area contributed by atoms with Crippen molar-refractivity contribution in [1.29, 1.82) is 0 Å². The number of rotatable bonds is 5. The Hall–Kier alpha value is -1.88. The van der Waals surface area contributed by atoms with Gasteiger partial charge in [0.1, 0.15) is 6.04 Å². The van der Waals surface area contributed by atoms with Crippen LogP contribution < -0.4 is 0 Å². The Balaban J connectivity index is 2.06. The summed E-state index contributed by atoms with van der Waals surface area (Å²) >= 11 is 0. The lowest BCUT2D eigenvalue weighted by atomic mass is 10.1. The molecule has 1 aromatic rings. The van der Waals surface area contributed by atoms with Crippen LogP contribution in [0.3, 0.4) is 0 Å². The molecule has 0 saturated carbocycles. The van der Waals surface area contributed by atoms with Crippen LogP contribution in [-0.4, -0.2) is 53.5 Å². The zero-order valence-corrected chi connectivity index (χ0v) is 11.7. The minimum Gasteiger partial charge on any atom is -0.480 e. The van der Waals surface area contributed by atoms with Crippen molar-refractivity contribution < 1.29 is 14.7 Å². The Bertz CT molecular complexity index is 469. The van der Waals surface area contributed by atoms with E-state index in [9.17, 15) is 14.7 Å². The Morgan fingerprint density at radius 2 is 1.85 bits per heavy atom. The molecule has 1 aliphatic heterocycles. The summed E-state index contributed by atoms with van der Waals surface area (Å²) < 4.78 is 0. The van der Waals surface area contributed by atoms with Gasteiger partial charge in [-0.3, -0.25) is 14.5 Å². The average Bonchev–Trinajstić information content (AvgIpc) is 2.93. The second kappa shape index (κ2) is 6.52. The molecule has 1 atom stereocenters. The molecule has 0 aliphatic carbocycles. The molecule has 108 valence electrons. The van der Waals surface area contributed by atoms with Crippen molar-refractivity contribution in [1.82, 2.24) is 9.80 Å². The number of carboxylic acid groups (broad SMARTS) is 1. The third-order valence-corrected chi connectivity index (χ3v) is 3.63. The van der Waals surface area contributed by atoms with E-state index in [0.717, 1.165) is 25.9 Å². The monoisotopic (exact) mass is 276 g/mol. The number of carbonyl (C=O) groups excluding carboxylic acids is 1. The Morgan fingerprint density at radius 3 is 2.40 bits per heavy atom. The third kappa shape index (κ3) is 3.36. The third-order valence-electron chi connectivity index (χ3n) is 3.63. The maximum atomic E-state index is 12.1. The molecule has 1 unspecified atom stereocenters. The van der Waals surface area contributed by atoms with Gasteiger partial charge in [-0.2, -0.15) is 0 Å². The highest BCUT2D eigenvalue weighted by Crippen LogP contribution is 2.20. The summed E-state index contributed by atoms with van der Waals surface area (Å²) in [5.74, 6) is -0.930. The molecule has 1 amide bonds. The van der Waals surface area contributed by atoms with Crippen LogP contribution in [0.5, 0.6) is 0 Å². The fourth-order valence-corrected chi connectivity index (χ4v) is 2.59. The predicted octanol–water partition coefficient (Wildman–Crippen LogP) is 1.37. The Labute approximate surface area is 118 Å². The van der Waals surface area contributed by atoms with Crippen LogP contribution in [0.4, 0.5) is 0 Å². The molecular weight excluding hydrogens is 256 g/mol. The van der Waals surface area contributed by atoms with Gasteiger partial charge in [-0.15, -0.1) is 0 Å². The fraction of sp³-hybridized carbons (Fsp3) is 0.467. The molecule has 1 heterocycles. The van der Waals surface area contributed by atoms with Crippen LogP contribution >= 0.6 is 0 Å². The summed E-state index contributed by atoms with van der Waals surface area (Å²) in [7, 11) is 1.68. The smallest absolute Gasteiger partial charge is 0.325 e. The number of aliphatic carboxylic acids is 1. The molecule has 1 aromatic carbocycles. The first-order chi connectivity index (χ1) is 9.59. The normalized spacial score (nSPS) is 16.4. The van der Waals surface area contributed by atoms with Gasteiger partial charge < -0.3 is 10.0 Å². The van der Waals surface area contributed by atoms with Crippen LogP contribution in [0.2, 0.25) is 0 Å². The maximum absolute atomic E-state index is 12.1. The van der Waals surface area contributed by atoms with Crippen molar-refractivity contribution in [3.63, 3.8) is 0 Å². The number of likely N-dealkylation sites (N-methyl/N-ethyl adjacent to an activating group) is 1. The van der Waals surface area contributed by atoms with Gasteiger partial charge in [0, 0.05) is 13.1 Å². The lowest BCUT2D eigenvalue weighted by Gasteiger charge is -2.26. The predicted molar refractivity (Wildman–Crippen MR) is 75.3 cm³/mol. The number of carbonyl (C=O) groups is 2. The highest BCUT2D eigenvalue weighted by molar-refractivity contribution is 5.80. The molecule has 1 N–H and O–H groups in total. The molecule has 5 nitrogen and oxygen atoms in total. The molecule has 1 saturated heterocycles. The van der Waals surface area contributed by atoms with Gasteiger partial charge >= 0.3 is 5.97 Å². The summed E-state index contributed by atoms with van der Waals surface area (Å²) in [4.78, 5) is 27.0. The van der Waals surface area contributed by atoms with Crippen molar-refractivity contribution in [3.05, 3.63) is 35.9 Å². The van der Waals surface area contributed by atoms with Gasteiger partial charge in [0.2, 0.25) is 5.91 Å². The zero-order valence-electron chi connectivity index (χ0n) is 11.7. The average molecular weight is 276 g/mol. The first-order valence-electron chi connectivity index (χ1n) is 6.85. The molecule has 1 aliphatic rings. The minimum atomic E-state index is -0.937. The molecule has 0 bridgehead atoms. The summed E-state index contributed by atoms with van der Waals surface area (Å²) in [6.07, 6.45) is 2.08. The van der Waals surface area contributed by atoms with E-state index < -0.39 is 12.0 Å². The molecule has 1 fully saturated rings. The largest absolute Gasteiger partial charge is 0.480 e. The SMILES string of the molecule is CN(CC(=O)N1CCCC1)C(C(=O)O)c1ccccc1. The van der Waals surface area contributed by atoms with Crippen molar-refractivity contribution in [3.8, 4) is 0 Å². The van der Waals surface area contributed by atoms with Crippen molar-refractivity contribution in [2.75, 3.05) is 26.7 Å². The molecule has 0 spiro atoms. The first kappa shape index (κ1) is 14.5. The second-order valence-electron chi connectivity index (χ2n) is 5.15. The molecular formula is C15H20N2O3. The van der Waals surface area contributed by atoms with E-state index in [2.05, 4.69) is 0 Å². The van der Waals surface area contributed by atoms with Crippen molar-refractivity contribution >= 4 is 11.9 Å². The molecule has 0 radical (unpaired) electrons. The minimum absolute atomic E-state index is 0.00665. The zero-order chi connectivity index (χ0) is 14.5. The van der Waals surface area contributed by atoms with Crippen LogP contribution in [0.15, 0.2) is 30.3 Å². The van der Waals surface area contributed by atoms with Gasteiger partial charge in [0.25, 0.3) is 0 Å². The van der Waals surface area contributed by atoms with Crippen molar-refractivity contribution in [2.24, 2.45) is 0 Å². The van der Waals surface area contributed by atoms with Crippen LogP contribution in [0.1, 0.15) is 24.4 Å². The van der Waals surface area contributed by atoms with Gasteiger partial charge in [0.05, 0.1) is 6.54 Å². The van der Waals surface area contributed by atoms with E-state index in [4.69, 9.17) is 0 Å². The molecule has 2 rings (SSSR count). The number of hydrogen-bond acceptors (Lipinski definition) is 3. The standard InChI is InChI=1S/C15H20N2O3/c1-16(11-13(18)17-9-5-6-10-17)14(15(19)20)12-7-3-2-4-8-12/h2-4,7-8,14H,5-6,9-11H2,1H3,(H,19,20). The van der Waals surface area contributed by atoms with E-state index in [1.165, 1.54) is 0 Å². The van der Waals surface area contributed by atoms with Crippen LogP contribution in [-0.2, 0) is 9.59 Å². The molecule has 20 heavy (non-hydrogen) atoms. The van der Waals surface area contributed by atoms with Gasteiger partial charge in [-0.1, -0.05) is 30.3 Å². The first-order valence-corrected chi connectivity index (χ1v) is 6.85. The summed E-state index contributed by atoms with van der Waals surface area (Å²) in [5.41, 5.74) is 0.691. The topological polar surface area (TPSA) is 60.9 Å². The van der Waals surface area contributed by atoms with Gasteiger partial charge in [-0.25, -0.2) is 0 Å². The van der Waals surface area contributed by atoms with Crippen LogP contribution in [0, 0.1) is 0 Å². The highest BCUT2D eigenvalue weighted by Gasteiger charge is 2.28. The van der Waals surface area contributed by atoms with Crippen molar-refractivity contribution in [2.45, 2.75) is 18.9 Å². The Morgan fingerprint density at radius 1 is 1.25 bits per heavy atom. The van der Waals surface area contributed by atoms with E-state index >= 15 is 0 Å². The number of hydrogen-bond donors (Lipinski definition) is 1. The second-order valence-corrected chi connectivity index (χ2v) is 5.15. The number of amides is 1. The number of nitrogens with zero attached hydrogens (tertiary/aromatic N) is 2. The Kier molecular flexibility index (Phi) is 4.74.